The average molecular weight is 530 g/mol. The van der Waals surface area contributed by atoms with Gasteiger partial charge in [0.2, 0.25) is 17.7 Å². The van der Waals surface area contributed by atoms with Crippen molar-refractivity contribution in [3.8, 4) is 0 Å². The molecular formula is C26H35N5O7. The number of aliphatic carboxylic acids is 2. The van der Waals surface area contributed by atoms with Crippen molar-refractivity contribution in [1.82, 2.24) is 20.5 Å². The Labute approximate surface area is 219 Å². The maximum absolute atomic E-state index is 13.8. The van der Waals surface area contributed by atoms with Crippen LogP contribution in [0.5, 0.6) is 0 Å². The second kappa shape index (κ2) is 12.5. The highest BCUT2D eigenvalue weighted by Crippen LogP contribution is 2.23. The van der Waals surface area contributed by atoms with E-state index in [1.165, 1.54) is 4.90 Å². The number of carboxylic acid groups (broad SMARTS) is 2. The molecule has 1 aliphatic rings. The second-order valence-electron chi connectivity index (χ2n) is 9.73. The normalized spacial score (nSPS) is 18.4. The number of likely N-dealkylation sites (tertiary alicyclic amines) is 1. The average Bonchev–Trinajstić information content (AvgIpc) is 3.53. The van der Waals surface area contributed by atoms with E-state index in [1.807, 2.05) is 31.2 Å². The lowest BCUT2D eigenvalue weighted by Gasteiger charge is -2.30. The molecule has 0 bridgehead atoms. The lowest BCUT2D eigenvalue weighted by atomic mass is 9.98. The molecule has 3 amide bonds. The number of nitrogens with zero attached hydrogens (tertiary/aromatic N) is 1. The van der Waals surface area contributed by atoms with Gasteiger partial charge in [-0.15, -0.1) is 0 Å². The number of carboxylic acids is 2. The highest BCUT2D eigenvalue weighted by molar-refractivity contribution is 5.96. The van der Waals surface area contributed by atoms with Gasteiger partial charge in [-0.2, -0.15) is 0 Å². The van der Waals surface area contributed by atoms with Crippen LogP contribution in [0.4, 0.5) is 0 Å². The van der Waals surface area contributed by atoms with Crippen LogP contribution in [0.3, 0.4) is 0 Å². The van der Waals surface area contributed by atoms with Gasteiger partial charge in [-0.05, 0) is 30.4 Å². The minimum atomic E-state index is -1.37. The first-order chi connectivity index (χ1) is 18.0. The number of benzene rings is 1. The van der Waals surface area contributed by atoms with Gasteiger partial charge < -0.3 is 36.5 Å². The Morgan fingerprint density at radius 2 is 1.87 bits per heavy atom. The number of nitrogens with two attached hydrogens (primary N) is 1. The number of carbonyl (C=O) groups is 5. The standard InChI is InChI=1S/C26H35N5O7/c1-3-14(2)22(26(37)38)30-24(35)20-9-6-10-31(20)25(36)19(29-23(34)17(27)12-21(32)33)11-15-13-28-18-8-5-4-7-16(15)18/h4-5,7-8,13-14,17,19-20,22,28H,3,6,9-12,27H2,1-2H3,(H,29,34)(H,30,35)(H,32,33)(H,37,38). The van der Waals surface area contributed by atoms with E-state index in [2.05, 4.69) is 15.6 Å². The maximum Gasteiger partial charge on any atom is 0.326 e. The fourth-order valence-electron chi connectivity index (χ4n) is 4.72. The summed E-state index contributed by atoms with van der Waals surface area (Å²) in [4.78, 5) is 66.8. The number of fused-ring (bicyclic) bond motifs is 1. The lowest BCUT2D eigenvalue weighted by molar-refractivity contribution is -0.146. The molecule has 1 fully saturated rings. The number of H-pyrrole nitrogens is 1. The molecule has 3 rings (SSSR count). The molecule has 206 valence electrons. The third-order valence-corrected chi connectivity index (χ3v) is 7.06. The van der Waals surface area contributed by atoms with Gasteiger partial charge in [0, 0.05) is 30.1 Å². The molecule has 12 nitrogen and oxygen atoms in total. The predicted octanol–water partition coefficient (Wildman–Crippen LogP) is 0.604. The van der Waals surface area contributed by atoms with E-state index in [0.29, 0.717) is 19.3 Å². The van der Waals surface area contributed by atoms with Crippen molar-refractivity contribution in [2.45, 2.75) is 70.1 Å². The summed E-state index contributed by atoms with van der Waals surface area (Å²) in [5.41, 5.74) is 7.32. The Balaban J connectivity index is 1.85. The molecular weight excluding hydrogens is 494 g/mol. The van der Waals surface area contributed by atoms with E-state index >= 15 is 0 Å². The second-order valence-corrected chi connectivity index (χ2v) is 9.73. The summed E-state index contributed by atoms with van der Waals surface area (Å²) in [5.74, 6) is -4.61. The number of nitrogens with one attached hydrogen (secondary N) is 3. The van der Waals surface area contributed by atoms with Crippen LogP contribution in [0, 0.1) is 5.92 Å². The molecule has 38 heavy (non-hydrogen) atoms. The molecule has 0 saturated carbocycles. The fraction of sp³-hybridized carbons (Fsp3) is 0.500. The number of carbonyl (C=O) groups excluding carboxylic acids is 3. The first-order valence-corrected chi connectivity index (χ1v) is 12.7. The van der Waals surface area contributed by atoms with Gasteiger partial charge in [-0.1, -0.05) is 38.5 Å². The van der Waals surface area contributed by atoms with Gasteiger partial charge in [0.05, 0.1) is 12.5 Å². The van der Waals surface area contributed by atoms with Gasteiger partial charge in [0.25, 0.3) is 0 Å². The lowest BCUT2D eigenvalue weighted by Crippen LogP contribution is -2.58. The molecule has 1 aromatic heterocycles. The number of aromatic amines is 1. The molecule has 2 aromatic rings. The van der Waals surface area contributed by atoms with Crippen molar-refractivity contribution in [2.75, 3.05) is 6.54 Å². The zero-order valence-electron chi connectivity index (χ0n) is 21.5. The van der Waals surface area contributed by atoms with Crippen molar-refractivity contribution in [1.29, 1.82) is 0 Å². The van der Waals surface area contributed by atoms with Crippen molar-refractivity contribution >= 4 is 40.6 Å². The van der Waals surface area contributed by atoms with Gasteiger partial charge in [0.15, 0.2) is 0 Å². The Morgan fingerprint density at radius 1 is 1.16 bits per heavy atom. The van der Waals surface area contributed by atoms with Crippen LogP contribution in [-0.2, 0) is 30.4 Å². The third kappa shape index (κ3) is 6.68. The van der Waals surface area contributed by atoms with Crippen molar-refractivity contribution in [2.24, 2.45) is 11.7 Å². The summed E-state index contributed by atoms with van der Waals surface area (Å²) >= 11 is 0. The Hall–Kier alpha value is -3.93. The minimum absolute atomic E-state index is 0.0733. The first kappa shape index (κ1) is 28.6. The van der Waals surface area contributed by atoms with Crippen LogP contribution in [0.25, 0.3) is 10.9 Å². The van der Waals surface area contributed by atoms with Gasteiger partial charge in [0.1, 0.15) is 18.1 Å². The summed E-state index contributed by atoms with van der Waals surface area (Å²) < 4.78 is 0. The Kier molecular flexibility index (Phi) is 9.45. The first-order valence-electron chi connectivity index (χ1n) is 12.7. The monoisotopic (exact) mass is 529 g/mol. The quantitative estimate of drug-likeness (QED) is 0.230. The summed E-state index contributed by atoms with van der Waals surface area (Å²) in [7, 11) is 0. The van der Waals surface area contributed by atoms with Gasteiger partial charge >= 0.3 is 11.9 Å². The zero-order valence-corrected chi connectivity index (χ0v) is 21.5. The number of amides is 3. The molecule has 1 saturated heterocycles. The Bertz CT molecular complexity index is 1200. The van der Waals surface area contributed by atoms with Crippen LogP contribution in [-0.4, -0.2) is 80.5 Å². The van der Waals surface area contributed by atoms with E-state index in [-0.39, 0.29) is 18.9 Å². The predicted molar refractivity (Wildman–Crippen MR) is 138 cm³/mol. The molecule has 0 aliphatic carbocycles. The summed E-state index contributed by atoms with van der Waals surface area (Å²) in [5, 5.41) is 24.6. The van der Waals surface area contributed by atoms with E-state index in [0.717, 1.165) is 16.5 Å². The molecule has 1 aliphatic heterocycles. The molecule has 0 spiro atoms. The maximum atomic E-state index is 13.8. The number of para-hydroxylation sites is 1. The molecule has 5 unspecified atom stereocenters. The van der Waals surface area contributed by atoms with Crippen LogP contribution >= 0.6 is 0 Å². The molecule has 5 atom stereocenters. The molecule has 0 radical (unpaired) electrons. The van der Waals surface area contributed by atoms with E-state index in [9.17, 15) is 29.1 Å². The van der Waals surface area contributed by atoms with Crippen LogP contribution in [0.15, 0.2) is 30.5 Å². The van der Waals surface area contributed by atoms with Crippen LogP contribution in [0.1, 0.15) is 45.1 Å². The van der Waals surface area contributed by atoms with E-state index in [4.69, 9.17) is 10.8 Å². The fourth-order valence-corrected chi connectivity index (χ4v) is 4.72. The summed E-state index contributed by atoms with van der Waals surface area (Å²) in [6, 6.07) is 2.95. The van der Waals surface area contributed by atoms with Crippen LogP contribution < -0.4 is 16.4 Å². The summed E-state index contributed by atoms with van der Waals surface area (Å²) in [6.45, 7) is 3.80. The van der Waals surface area contributed by atoms with E-state index in [1.54, 1.807) is 13.1 Å². The summed E-state index contributed by atoms with van der Waals surface area (Å²) in [6.07, 6.45) is 2.60. The number of rotatable bonds is 12. The molecule has 2 heterocycles. The molecule has 1 aromatic carbocycles. The van der Waals surface area contributed by atoms with Gasteiger partial charge in [-0.25, -0.2) is 4.79 Å². The highest BCUT2D eigenvalue weighted by atomic mass is 16.4. The zero-order chi connectivity index (χ0) is 28.0. The highest BCUT2D eigenvalue weighted by Gasteiger charge is 2.40. The molecule has 12 heteroatoms. The smallest absolute Gasteiger partial charge is 0.326 e. The largest absolute Gasteiger partial charge is 0.481 e. The Morgan fingerprint density at radius 3 is 2.53 bits per heavy atom. The SMILES string of the molecule is CCC(C)C(NC(=O)C1CCCN1C(=O)C(Cc1c[nH]c2ccccc12)NC(=O)C(N)CC(=O)O)C(=O)O. The van der Waals surface area contributed by atoms with Crippen LogP contribution in [0.2, 0.25) is 0 Å². The minimum Gasteiger partial charge on any atom is -0.481 e. The van der Waals surface area contributed by atoms with Crippen molar-refractivity contribution in [3.05, 3.63) is 36.0 Å². The topological polar surface area (TPSA) is 195 Å². The van der Waals surface area contributed by atoms with E-state index < -0.39 is 60.2 Å². The van der Waals surface area contributed by atoms with Gasteiger partial charge in [-0.3, -0.25) is 19.2 Å². The number of hydrogen-bond acceptors (Lipinski definition) is 6. The number of hydrogen-bond donors (Lipinski definition) is 6. The van der Waals surface area contributed by atoms with Crippen molar-refractivity contribution < 1.29 is 34.2 Å². The number of aromatic nitrogens is 1. The molecule has 7 N–H and O–H groups in total. The van der Waals surface area contributed by atoms with Crippen molar-refractivity contribution in [3.63, 3.8) is 0 Å². The third-order valence-electron chi connectivity index (χ3n) is 7.06.